The van der Waals surface area contributed by atoms with E-state index in [9.17, 15) is 0 Å². The molecular formula is C30H24O2. The van der Waals surface area contributed by atoms with Crippen molar-refractivity contribution >= 4 is 28.5 Å². The summed E-state index contributed by atoms with van der Waals surface area (Å²) in [5.74, 6) is 1.72. The number of rotatable bonds is 6. The van der Waals surface area contributed by atoms with Gasteiger partial charge in [0, 0.05) is 0 Å². The van der Waals surface area contributed by atoms with E-state index in [1.54, 1.807) is 14.2 Å². The van der Waals surface area contributed by atoms with Gasteiger partial charge < -0.3 is 9.47 Å². The highest BCUT2D eigenvalue weighted by atomic mass is 16.5. The van der Waals surface area contributed by atoms with E-state index in [1.165, 1.54) is 33.0 Å². The molecule has 2 heteroatoms. The second kappa shape index (κ2) is 8.60. The Labute approximate surface area is 188 Å². The van der Waals surface area contributed by atoms with E-state index in [2.05, 4.69) is 85.0 Å². The predicted molar refractivity (Wildman–Crippen MR) is 134 cm³/mol. The number of allylic oxidation sites excluding steroid dienone is 3. The number of hydrogen-bond donors (Lipinski definition) is 0. The second-order valence-corrected chi connectivity index (χ2v) is 7.79. The quantitative estimate of drug-likeness (QED) is 0.287. The highest BCUT2D eigenvalue weighted by molar-refractivity contribution is 6.09. The van der Waals surface area contributed by atoms with Crippen LogP contribution in [0.3, 0.4) is 0 Å². The molecule has 32 heavy (non-hydrogen) atoms. The van der Waals surface area contributed by atoms with Crippen molar-refractivity contribution in [2.75, 3.05) is 14.2 Å². The Bertz CT molecular complexity index is 1250. The van der Waals surface area contributed by atoms with Gasteiger partial charge in [0.15, 0.2) is 0 Å². The van der Waals surface area contributed by atoms with Crippen molar-refractivity contribution < 1.29 is 9.47 Å². The van der Waals surface area contributed by atoms with Gasteiger partial charge >= 0.3 is 0 Å². The van der Waals surface area contributed by atoms with E-state index >= 15 is 0 Å². The maximum Gasteiger partial charge on any atom is 0.118 e. The Hall–Kier alpha value is -4.04. The summed E-state index contributed by atoms with van der Waals surface area (Å²) in [5.41, 5.74) is 7.45. The zero-order valence-corrected chi connectivity index (χ0v) is 18.2. The molecule has 0 aromatic heterocycles. The number of fused-ring (bicyclic) bond motifs is 2. The van der Waals surface area contributed by atoms with Crippen LogP contribution in [0.4, 0.5) is 0 Å². The lowest BCUT2D eigenvalue weighted by Crippen LogP contribution is -1.82. The molecule has 0 saturated heterocycles. The molecule has 5 rings (SSSR count). The minimum absolute atomic E-state index is 0.862. The molecule has 0 amide bonds. The van der Waals surface area contributed by atoms with E-state index in [0.29, 0.717) is 0 Å². The van der Waals surface area contributed by atoms with Gasteiger partial charge in [-0.25, -0.2) is 0 Å². The predicted octanol–water partition coefficient (Wildman–Crippen LogP) is 7.40. The third kappa shape index (κ3) is 4.08. The fraction of sp³-hybridized carbons (Fsp3) is 0.0667. The van der Waals surface area contributed by atoms with Crippen LogP contribution in [0.5, 0.6) is 11.5 Å². The van der Waals surface area contributed by atoms with Gasteiger partial charge in [-0.15, -0.1) is 0 Å². The number of methoxy groups -OCH3 is 2. The van der Waals surface area contributed by atoms with E-state index in [1.807, 2.05) is 24.3 Å². The molecule has 0 saturated carbocycles. The van der Waals surface area contributed by atoms with E-state index in [-0.39, 0.29) is 0 Å². The Morgan fingerprint density at radius 3 is 1.44 bits per heavy atom. The normalized spacial score (nSPS) is 12.4. The van der Waals surface area contributed by atoms with Gasteiger partial charge in [-0.1, -0.05) is 72.8 Å². The molecule has 0 atom stereocenters. The maximum absolute atomic E-state index is 5.27. The van der Waals surface area contributed by atoms with Gasteiger partial charge in [-0.05, 0) is 80.6 Å². The Morgan fingerprint density at radius 1 is 0.594 bits per heavy atom. The van der Waals surface area contributed by atoms with Gasteiger partial charge in [0.1, 0.15) is 11.5 Å². The SMILES string of the molecule is COc1ccc(/C=C/C(/C=C/c2ccc(OC)cc2)=C2c3cc4ccccc4cc32)cc1. The number of benzene rings is 4. The van der Waals surface area contributed by atoms with Crippen LogP contribution in [0.15, 0.2) is 103 Å². The zero-order chi connectivity index (χ0) is 21.9. The molecule has 0 unspecified atom stereocenters. The zero-order valence-electron chi connectivity index (χ0n) is 18.2. The summed E-state index contributed by atoms with van der Waals surface area (Å²) in [7, 11) is 3.37. The van der Waals surface area contributed by atoms with Crippen molar-refractivity contribution in [1.82, 2.24) is 0 Å². The van der Waals surface area contributed by atoms with Crippen molar-refractivity contribution in [3.05, 3.63) is 125 Å². The average Bonchev–Trinajstić information content (AvgIpc) is 3.55. The molecular weight excluding hydrogens is 392 g/mol. The van der Waals surface area contributed by atoms with Crippen LogP contribution in [0, 0.1) is 0 Å². The minimum Gasteiger partial charge on any atom is -0.497 e. The fourth-order valence-corrected chi connectivity index (χ4v) is 3.94. The summed E-state index contributed by atoms with van der Waals surface area (Å²) >= 11 is 0. The highest BCUT2D eigenvalue weighted by Crippen LogP contribution is 2.47. The highest BCUT2D eigenvalue weighted by Gasteiger charge is 2.27. The number of ether oxygens (including phenoxy) is 2. The molecule has 1 aliphatic carbocycles. The summed E-state index contributed by atoms with van der Waals surface area (Å²) in [6.07, 6.45) is 8.70. The van der Waals surface area contributed by atoms with Crippen LogP contribution in [-0.4, -0.2) is 14.2 Å². The standard InChI is InChI=1S/C30H24O2/c1-31-26-15-9-21(10-16-26)7-13-23(14-8-22-11-17-27(32-2)18-12-22)30-28-19-24-5-3-4-6-25(24)20-29(28)30/h3-20H,1-2H3/b13-7+,14-8+. The lowest BCUT2D eigenvalue weighted by Gasteiger charge is -2.01. The van der Waals surface area contributed by atoms with Crippen molar-refractivity contribution in [2.24, 2.45) is 0 Å². The Balaban J connectivity index is 1.51. The first kappa shape index (κ1) is 19.9. The molecule has 4 aromatic rings. The monoisotopic (exact) mass is 416 g/mol. The molecule has 0 aliphatic heterocycles. The van der Waals surface area contributed by atoms with Crippen LogP contribution in [0.25, 0.3) is 28.5 Å². The van der Waals surface area contributed by atoms with Crippen molar-refractivity contribution in [1.29, 1.82) is 0 Å². The van der Waals surface area contributed by atoms with Gasteiger partial charge in [-0.2, -0.15) is 0 Å². The first-order valence-electron chi connectivity index (χ1n) is 10.7. The molecule has 0 N–H and O–H groups in total. The van der Waals surface area contributed by atoms with Crippen LogP contribution in [0.1, 0.15) is 22.3 Å². The number of hydrogen-bond acceptors (Lipinski definition) is 2. The Morgan fingerprint density at radius 2 is 1.03 bits per heavy atom. The third-order valence-electron chi connectivity index (χ3n) is 5.79. The van der Waals surface area contributed by atoms with E-state index < -0.39 is 0 Å². The summed E-state index contributed by atoms with van der Waals surface area (Å²) in [5, 5.41) is 2.55. The van der Waals surface area contributed by atoms with Crippen molar-refractivity contribution in [3.63, 3.8) is 0 Å². The molecule has 0 heterocycles. The first-order chi connectivity index (χ1) is 15.7. The minimum atomic E-state index is 0.862. The summed E-state index contributed by atoms with van der Waals surface area (Å²) in [6, 6.07) is 29.3. The molecule has 0 spiro atoms. The lowest BCUT2D eigenvalue weighted by atomic mass is 10.1. The summed E-state index contributed by atoms with van der Waals surface area (Å²) in [4.78, 5) is 0. The smallest absolute Gasteiger partial charge is 0.118 e. The molecule has 0 radical (unpaired) electrons. The molecule has 0 bridgehead atoms. The topological polar surface area (TPSA) is 18.5 Å². The van der Waals surface area contributed by atoms with Crippen LogP contribution < -0.4 is 9.47 Å². The summed E-state index contributed by atoms with van der Waals surface area (Å²) < 4.78 is 10.5. The van der Waals surface area contributed by atoms with Crippen LogP contribution in [-0.2, 0) is 0 Å². The maximum atomic E-state index is 5.27. The van der Waals surface area contributed by atoms with Gasteiger partial charge in [-0.3, -0.25) is 0 Å². The van der Waals surface area contributed by atoms with Gasteiger partial charge in [0.2, 0.25) is 0 Å². The second-order valence-electron chi connectivity index (χ2n) is 7.79. The molecule has 4 aromatic carbocycles. The molecule has 0 fully saturated rings. The molecule has 156 valence electrons. The van der Waals surface area contributed by atoms with E-state index in [4.69, 9.17) is 9.47 Å². The average molecular weight is 417 g/mol. The van der Waals surface area contributed by atoms with Crippen LogP contribution in [0.2, 0.25) is 0 Å². The van der Waals surface area contributed by atoms with Crippen molar-refractivity contribution in [2.45, 2.75) is 0 Å². The van der Waals surface area contributed by atoms with Gasteiger partial charge in [0.05, 0.1) is 14.2 Å². The largest absolute Gasteiger partial charge is 0.497 e. The fourth-order valence-electron chi connectivity index (χ4n) is 3.94. The molecule has 1 aliphatic rings. The van der Waals surface area contributed by atoms with Crippen LogP contribution >= 0.6 is 0 Å². The third-order valence-corrected chi connectivity index (χ3v) is 5.79. The first-order valence-corrected chi connectivity index (χ1v) is 10.7. The van der Waals surface area contributed by atoms with Gasteiger partial charge in [0.25, 0.3) is 0 Å². The summed E-state index contributed by atoms with van der Waals surface area (Å²) in [6.45, 7) is 0. The lowest BCUT2D eigenvalue weighted by molar-refractivity contribution is 0.414. The Kier molecular flexibility index (Phi) is 5.35. The molecule has 2 nitrogen and oxygen atoms in total. The van der Waals surface area contributed by atoms with Crippen molar-refractivity contribution in [3.8, 4) is 11.5 Å². The van der Waals surface area contributed by atoms with E-state index in [0.717, 1.165) is 22.6 Å².